The first kappa shape index (κ1) is 12.2. The predicted octanol–water partition coefficient (Wildman–Crippen LogP) is 2.75. The van der Waals surface area contributed by atoms with Crippen LogP contribution in [-0.2, 0) is 6.54 Å². The normalized spacial score (nSPS) is 27.1. The fourth-order valence-corrected chi connectivity index (χ4v) is 3.52. The number of hydrogen-bond acceptors (Lipinski definition) is 2. The summed E-state index contributed by atoms with van der Waals surface area (Å²) in [7, 11) is 0. The Morgan fingerprint density at radius 2 is 2.17 bits per heavy atom. The largest absolute Gasteiger partial charge is 0.312 e. The van der Waals surface area contributed by atoms with Crippen molar-refractivity contribution in [2.24, 2.45) is 0 Å². The second-order valence-corrected chi connectivity index (χ2v) is 6.39. The second-order valence-electron chi connectivity index (χ2n) is 6.39. The Kier molecular flexibility index (Phi) is 3.16. The average Bonchev–Trinajstić information content (AvgIpc) is 2.69. The highest BCUT2D eigenvalue weighted by atomic mass is 15.2. The highest BCUT2D eigenvalue weighted by Gasteiger charge is 2.34. The van der Waals surface area contributed by atoms with Gasteiger partial charge >= 0.3 is 0 Å². The minimum atomic E-state index is 0.395. The van der Waals surface area contributed by atoms with Crippen LogP contribution >= 0.6 is 0 Å². The van der Waals surface area contributed by atoms with E-state index >= 15 is 0 Å². The molecule has 0 amide bonds. The summed E-state index contributed by atoms with van der Waals surface area (Å²) in [6, 6.07) is 8.93. The Bertz CT molecular complexity index is 425. The summed E-state index contributed by atoms with van der Waals surface area (Å²) in [5.41, 5.74) is 3.46. The van der Waals surface area contributed by atoms with Crippen molar-refractivity contribution in [2.45, 2.75) is 44.7 Å². The van der Waals surface area contributed by atoms with Gasteiger partial charge in [-0.2, -0.15) is 0 Å². The predicted molar refractivity (Wildman–Crippen MR) is 75.8 cm³/mol. The standard InChI is InChI=1S/C16H24N2/c1-16(2)8-5-9-18(16)12-14-11-17-10-13-6-3-4-7-15(13)14/h3-4,6-7,14,17H,5,8-12H2,1-2H3. The van der Waals surface area contributed by atoms with Crippen LogP contribution in [0.5, 0.6) is 0 Å². The topological polar surface area (TPSA) is 15.3 Å². The van der Waals surface area contributed by atoms with Crippen LogP contribution in [0, 0.1) is 0 Å². The quantitative estimate of drug-likeness (QED) is 0.860. The van der Waals surface area contributed by atoms with Gasteiger partial charge in [0.05, 0.1) is 0 Å². The lowest BCUT2D eigenvalue weighted by molar-refractivity contribution is 0.161. The molecule has 2 aliphatic heterocycles. The van der Waals surface area contributed by atoms with E-state index in [1.807, 2.05) is 0 Å². The molecule has 0 radical (unpaired) electrons. The van der Waals surface area contributed by atoms with E-state index < -0.39 is 0 Å². The third-order valence-corrected chi connectivity index (χ3v) is 4.71. The molecule has 0 spiro atoms. The molecule has 1 fully saturated rings. The highest BCUT2D eigenvalue weighted by Crippen LogP contribution is 2.32. The minimum absolute atomic E-state index is 0.395. The van der Waals surface area contributed by atoms with E-state index in [1.165, 1.54) is 31.5 Å². The fourth-order valence-electron chi connectivity index (χ4n) is 3.52. The van der Waals surface area contributed by atoms with Crippen molar-refractivity contribution in [3.8, 4) is 0 Å². The number of hydrogen-bond donors (Lipinski definition) is 1. The fraction of sp³-hybridized carbons (Fsp3) is 0.625. The maximum atomic E-state index is 3.57. The third kappa shape index (κ3) is 2.19. The van der Waals surface area contributed by atoms with Gasteiger partial charge in [-0.25, -0.2) is 0 Å². The summed E-state index contributed by atoms with van der Waals surface area (Å²) in [5.74, 6) is 0.660. The van der Waals surface area contributed by atoms with E-state index in [0.29, 0.717) is 11.5 Å². The van der Waals surface area contributed by atoms with Gasteiger partial charge in [0.1, 0.15) is 0 Å². The maximum Gasteiger partial charge on any atom is 0.0208 e. The van der Waals surface area contributed by atoms with Gasteiger partial charge in [-0.3, -0.25) is 4.90 Å². The summed E-state index contributed by atoms with van der Waals surface area (Å²) in [5, 5.41) is 3.57. The highest BCUT2D eigenvalue weighted by molar-refractivity contribution is 5.33. The Hall–Kier alpha value is -0.860. The van der Waals surface area contributed by atoms with Gasteiger partial charge in [0.25, 0.3) is 0 Å². The summed E-state index contributed by atoms with van der Waals surface area (Å²) < 4.78 is 0. The number of benzene rings is 1. The molecule has 98 valence electrons. The zero-order valence-electron chi connectivity index (χ0n) is 11.6. The number of rotatable bonds is 2. The first-order valence-corrected chi connectivity index (χ1v) is 7.20. The van der Waals surface area contributed by atoms with E-state index in [2.05, 4.69) is 48.3 Å². The van der Waals surface area contributed by atoms with Crippen LogP contribution in [0.1, 0.15) is 43.7 Å². The molecule has 2 nitrogen and oxygen atoms in total. The summed E-state index contributed by atoms with van der Waals surface area (Å²) in [6.45, 7) is 9.42. The van der Waals surface area contributed by atoms with Gasteiger partial charge in [0.15, 0.2) is 0 Å². The van der Waals surface area contributed by atoms with E-state index in [0.717, 1.165) is 13.1 Å². The molecule has 0 saturated carbocycles. The van der Waals surface area contributed by atoms with Crippen molar-refractivity contribution in [2.75, 3.05) is 19.6 Å². The lowest BCUT2D eigenvalue weighted by atomic mass is 9.89. The molecule has 0 aromatic heterocycles. The Morgan fingerprint density at radius 1 is 1.33 bits per heavy atom. The number of nitrogens with one attached hydrogen (secondary N) is 1. The molecule has 1 N–H and O–H groups in total. The van der Waals surface area contributed by atoms with Crippen LogP contribution in [0.15, 0.2) is 24.3 Å². The molecular weight excluding hydrogens is 220 g/mol. The Balaban J connectivity index is 1.78. The lowest BCUT2D eigenvalue weighted by Crippen LogP contribution is -2.43. The Morgan fingerprint density at radius 3 is 2.94 bits per heavy atom. The first-order chi connectivity index (χ1) is 8.67. The van der Waals surface area contributed by atoms with Gasteiger partial charge in [-0.1, -0.05) is 24.3 Å². The molecule has 0 aliphatic carbocycles. The van der Waals surface area contributed by atoms with Crippen LogP contribution in [0.4, 0.5) is 0 Å². The van der Waals surface area contributed by atoms with Gasteiger partial charge in [-0.15, -0.1) is 0 Å². The molecule has 2 aliphatic rings. The molecular formula is C16H24N2. The maximum absolute atomic E-state index is 3.57. The van der Waals surface area contributed by atoms with Gasteiger partial charge < -0.3 is 5.32 Å². The molecule has 1 aromatic rings. The molecule has 3 rings (SSSR count). The summed E-state index contributed by atoms with van der Waals surface area (Å²) in [4.78, 5) is 2.68. The van der Waals surface area contributed by atoms with Crippen LogP contribution in [-0.4, -0.2) is 30.1 Å². The van der Waals surface area contributed by atoms with Crippen molar-refractivity contribution in [1.82, 2.24) is 10.2 Å². The van der Waals surface area contributed by atoms with Crippen LogP contribution in [0.25, 0.3) is 0 Å². The molecule has 1 atom stereocenters. The lowest BCUT2D eigenvalue weighted by Gasteiger charge is -2.36. The second kappa shape index (κ2) is 4.67. The average molecular weight is 244 g/mol. The van der Waals surface area contributed by atoms with Gasteiger partial charge in [0, 0.05) is 31.1 Å². The molecule has 1 unspecified atom stereocenters. The first-order valence-electron chi connectivity index (χ1n) is 7.20. The van der Waals surface area contributed by atoms with Crippen molar-refractivity contribution >= 4 is 0 Å². The number of nitrogens with zero attached hydrogens (tertiary/aromatic N) is 1. The van der Waals surface area contributed by atoms with Crippen molar-refractivity contribution in [3.05, 3.63) is 35.4 Å². The van der Waals surface area contributed by atoms with E-state index in [-0.39, 0.29) is 0 Å². The van der Waals surface area contributed by atoms with Gasteiger partial charge in [-0.05, 0) is 44.4 Å². The van der Waals surface area contributed by atoms with E-state index in [4.69, 9.17) is 0 Å². The van der Waals surface area contributed by atoms with Crippen LogP contribution in [0.2, 0.25) is 0 Å². The molecule has 1 saturated heterocycles. The summed E-state index contributed by atoms with van der Waals surface area (Å²) >= 11 is 0. The number of fused-ring (bicyclic) bond motifs is 1. The third-order valence-electron chi connectivity index (χ3n) is 4.71. The zero-order chi connectivity index (χ0) is 12.6. The molecule has 0 bridgehead atoms. The molecule has 2 heteroatoms. The molecule has 18 heavy (non-hydrogen) atoms. The smallest absolute Gasteiger partial charge is 0.0208 e. The van der Waals surface area contributed by atoms with Crippen LogP contribution in [0.3, 0.4) is 0 Å². The molecule has 2 heterocycles. The minimum Gasteiger partial charge on any atom is -0.312 e. The van der Waals surface area contributed by atoms with E-state index in [1.54, 1.807) is 5.56 Å². The van der Waals surface area contributed by atoms with Crippen molar-refractivity contribution in [1.29, 1.82) is 0 Å². The summed E-state index contributed by atoms with van der Waals surface area (Å²) in [6.07, 6.45) is 2.70. The Labute approximate surface area is 110 Å². The van der Waals surface area contributed by atoms with Crippen molar-refractivity contribution in [3.63, 3.8) is 0 Å². The monoisotopic (exact) mass is 244 g/mol. The SMILES string of the molecule is CC1(C)CCCN1CC1CNCc2ccccc21. The molecule has 1 aromatic carbocycles. The van der Waals surface area contributed by atoms with E-state index in [9.17, 15) is 0 Å². The zero-order valence-corrected chi connectivity index (χ0v) is 11.6. The van der Waals surface area contributed by atoms with Crippen LogP contribution < -0.4 is 5.32 Å². The number of likely N-dealkylation sites (tertiary alicyclic amines) is 1. The van der Waals surface area contributed by atoms with Crippen molar-refractivity contribution < 1.29 is 0 Å². The van der Waals surface area contributed by atoms with Gasteiger partial charge in [0.2, 0.25) is 0 Å².